The van der Waals surface area contributed by atoms with E-state index in [1.165, 1.54) is 0 Å². The van der Waals surface area contributed by atoms with Gasteiger partial charge in [0.05, 0.1) is 6.33 Å². The van der Waals surface area contributed by atoms with E-state index in [-0.39, 0.29) is 12.5 Å². The van der Waals surface area contributed by atoms with Gasteiger partial charge in [-0.3, -0.25) is 4.79 Å². The summed E-state index contributed by atoms with van der Waals surface area (Å²) in [5.41, 5.74) is -0.0212. The first-order valence-corrected chi connectivity index (χ1v) is 4.86. The van der Waals surface area contributed by atoms with Crippen LogP contribution in [0.15, 0.2) is 12.5 Å². The Morgan fingerprint density at radius 1 is 1.67 bits per heavy atom. The van der Waals surface area contributed by atoms with Crippen molar-refractivity contribution in [1.29, 1.82) is 0 Å². The van der Waals surface area contributed by atoms with Crippen LogP contribution in [-0.2, 0) is 7.05 Å². The number of nitrogens with zero attached hydrogens (tertiary/aromatic N) is 2. The first-order chi connectivity index (χ1) is 6.94. The third-order valence-corrected chi connectivity index (χ3v) is 2.13. The smallest absolute Gasteiger partial charge is 0.271 e. The van der Waals surface area contributed by atoms with Crippen molar-refractivity contribution in [3.63, 3.8) is 0 Å². The molecular weight excluding hydrogens is 194 g/mol. The normalized spacial score (nSPS) is 11.5. The van der Waals surface area contributed by atoms with Gasteiger partial charge in [0.15, 0.2) is 0 Å². The number of hydrogen-bond acceptors (Lipinski definition) is 3. The van der Waals surface area contributed by atoms with E-state index in [4.69, 9.17) is 5.11 Å². The summed E-state index contributed by atoms with van der Waals surface area (Å²) in [6, 6.07) is 0. The third-order valence-electron chi connectivity index (χ3n) is 2.13. The second-order valence-electron chi connectivity index (χ2n) is 4.24. The highest BCUT2D eigenvalue weighted by Gasteiger charge is 2.21. The monoisotopic (exact) mass is 211 g/mol. The van der Waals surface area contributed by atoms with Gasteiger partial charge in [0.2, 0.25) is 0 Å². The van der Waals surface area contributed by atoms with Crippen LogP contribution >= 0.6 is 0 Å². The molecule has 0 radical (unpaired) electrons. The summed E-state index contributed by atoms with van der Waals surface area (Å²) in [6.07, 6.45) is 3.75. The van der Waals surface area contributed by atoms with Gasteiger partial charge in [0, 0.05) is 25.4 Å². The number of nitrogens with one attached hydrogen (secondary N) is 1. The molecule has 0 saturated carbocycles. The molecule has 0 saturated heterocycles. The van der Waals surface area contributed by atoms with Crippen LogP contribution in [0.3, 0.4) is 0 Å². The quantitative estimate of drug-likeness (QED) is 0.753. The predicted molar refractivity (Wildman–Crippen MR) is 56.5 cm³/mol. The average Bonchev–Trinajstić information content (AvgIpc) is 2.50. The molecule has 0 aliphatic carbocycles. The molecule has 0 aliphatic heterocycles. The second-order valence-corrected chi connectivity index (χ2v) is 4.24. The maximum Gasteiger partial charge on any atom is 0.271 e. The summed E-state index contributed by atoms with van der Waals surface area (Å²) in [5.74, 6) is -0.214. The zero-order chi connectivity index (χ0) is 11.5. The van der Waals surface area contributed by atoms with Crippen LogP contribution < -0.4 is 5.32 Å². The standard InChI is InChI=1S/C10H17N3O2/c1-10(2,4-5-14)12-9(15)8-6-13(3)7-11-8/h6-7,14H,4-5H2,1-3H3,(H,12,15). The van der Waals surface area contributed by atoms with Gasteiger partial charge < -0.3 is 15.0 Å². The molecule has 0 fully saturated rings. The summed E-state index contributed by atoms with van der Waals surface area (Å²) in [4.78, 5) is 15.6. The molecular formula is C10H17N3O2. The number of aryl methyl sites for hydroxylation is 1. The molecule has 1 aromatic heterocycles. The molecule has 1 aromatic rings. The molecule has 0 spiro atoms. The molecule has 1 amide bonds. The summed E-state index contributed by atoms with van der Waals surface area (Å²) in [5, 5.41) is 11.6. The molecule has 84 valence electrons. The number of carbonyl (C=O) groups excluding carboxylic acids is 1. The van der Waals surface area contributed by atoms with E-state index >= 15 is 0 Å². The van der Waals surface area contributed by atoms with Gasteiger partial charge in [0.1, 0.15) is 5.69 Å². The highest BCUT2D eigenvalue weighted by molar-refractivity contribution is 5.92. The Morgan fingerprint density at radius 3 is 2.80 bits per heavy atom. The van der Waals surface area contributed by atoms with E-state index in [1.54, 1.807) is 17.1 Å². The zero-order valence-corrected chi connectivity index (χ0v) is 9.32. The maximum atomic E-state index is 11.7. The van der Waals surface area contributed by atoms with E-state index in [2.05, 4.69) is 10.3 Å². The summed E-state index contributed by atoms with van der Waals surface area (Å²) < 4.78 is 1.72. The molecule has 0 unspecified atom stereocenters. The first-order valence-electron chi connectivity index (χ1n) is 4.86. The molecule has 15 heavy (non-hydrogen) atoms. The summed E-state index contributed by atoms with van der Waals surface area (Å²) in [7, 11) is 1.81. The van der Waals surface area contributed by atoms with Crippen molar-refractivity contribution in [2.45, 2.75) is 25.8 Å². The van der Waals surface area contributed by atoms with Crippen LogP contribution in [0.4, 0.5) is 0 Å². The number of aliphatic hydroxyl groups excluding tert-OH is 1. The van der Waals surface area contributed by atoms with Gasteiger partial charge in [-0.1, -0.05) is 0 Å². The van der Waals surface area contributed by atoms with Crippen LogP contribution in [0.2, 0.25) is 0 Å². The molecule has 0 aliphatic rings. The SMILES string of the molecule is Cn1cnc(C(=O)NC(C)(C)CCO)c1. The Labute approximate surface area is 89.1 Å². The topological polar surface area (TPSA) is 67.2 Å². The highest BCUT2D eigenvalue weighted by atomic mass is 16.3. The van der Waals surface area contributed by atoms with E-state index in [0.29, 0.717) is 12.1 Å². The largest absolute Gasteiger partial charge is 0.396 e. The molecule has 1 heterocycles. The Bertz CT molecular complexity index is 344. The van der Waals surface area contributed by atoms with Gasteiger partial charge in [0.25, 0.3) is 5.91 Å². The molecule has 2 N–H and O–H groups in total. The Balaban J connectivity index is 2.63. The van der Waals surface area contributed by atoms with Crippen LogP contribution in [0.1, 0.15) is 30.8 Å². The summed E-state index contributed by atoms with van der Waals surface area (Å²) in [6.45, 7) is 3.78. The van der Waals surface area contributed by atoms with E-state index in [0.717, 1.165) is 0 Å². The van der Waals surface area contributed by atoms with Crippen LogP contribution in [0, 0.1) is 0 Å². The van der Waals surface area contributed by atoms with Crippen molar-refractivity contribution in [1.82, 2.24) is 14.9 Å². The average molecular weight is 211 g/mol. The van der Waals surface area contributed by atoms with Gasteiger partial charge in [-0.15, -0.1) is 0 Å². The van der Waals surface area contributed by atoms with Gasteiger partial charge >= 0.3 is 0 Å². The van der Waals surface area contributed by atoms with Crippen molar-refractivity contribution in [3.05, 3.63) is 18.2 Å². The number of hydrogen-bond donors (Lipinski definition) is 2. The molecule has 0 aromatic carbocycles. The fourth-order valence-corrected chi connectivity index (χ4v) is 1.24. The van der Waals surface area contributed by atoms with Gasteiger partial charge in [-0.25, -0.2) is 4.98 Å². The number of imidazole rings is 1. The first kappa shape index (κ1) is 11.7. The number of carbonyl (C=O) groups is 1. The third kappa shape index (κ3) is 3.36. The lowest BCUT2D eigenvalue weighted by molar-refractivity contribution is 0.0895. The minimum Gasteiger partial charge on any atom is -0.396 e. The second kappa shape index (κ2) is 4.44. The van der Waals surface area contributed by atoms with Crippen molar-refractivity contribution in [2.75, 3.05) is 6.61 Å². The van der Waals surface area contributed by atoms with E-state index in [1.807, 2.05) is 20.9 Å². The highest BCUT2D eigenvalue weighted by Crippen LogP contribution is 2.08. The van der Waals surface area contributed by atoms with Crippen LogP contribution in [0.25, 0.3) is 0 Å². The van der Waals surface area contributed by atoms with Crippen LogP contribution in [-0.4, -0.2) is 32.7 Å². The molecule has 0 atom stereocenters. The fraction of sp³-hybridized carbons (Fsp3) is 0.600. The maximum absolute atomic E-state index is 11.7. The Morgan fingerprint density at radius 2 is 2.33 bits per heavy atom. The Hall–Kier alpha value is -1.36. The van der Waals surface area contributed by atoms with Gasteiger partial charge in [-0.2, -0.15) is 0 Å². The number of aromatic nitrogens is 2. The van der Waals surface area contributed by atoms with Gasteiger partial charge in [-0.05, 0) is 20.3 Å². The lowest BCUT2D eigenvalue weighted by Crippen LogP contribution is -2.44. The predicted octanol–water partition coefficient (Wildman–Crippen LogP) is 0.311. The number of aliphatic hydroxyl groups is 1. The summed E-state index contributed by atoms with van der Waals surface area (Å²) >= 11 is 0. The van der Waals surface area contributed by atoms with Crippen molar-refractivity contribution in [3.8, 4) is 0 Å². The Kier molecular flexibility index (Phi) is 3.47. The van der Waals surface area contributed by atoms with E-state index in [9.17, 15) is 4.79 Å². The lowest BCUT2D eigenvalue weighted by atomic mass is 10.0. The van der Waals surface area contributed by atoms with Crippen molar-refractivity contribution >= 4 is 5.91 Å². The minimum atomic E-state index is -0.413. The molecule has 5 nitrogen and oxygen atoms in total. The van der Waals surface area contributed by atoms with Crippen molar-refractivity contribution < 1.29 is 9.90 Å². The van der Waals surface area contributed by atoms with Crippen molar-refractivity contribution in [2.24, 2.45) is 7.05 Å². The minimum absolute atomic E-state index is 0.0511. The molecule has 5 heteroatoms. The number of amides is 1. The van der Waals surface area contributed by atoms with E-state index < -0.39 is 5.54 Å². The zero-order valence-electron chi connectivity index (χ0n) is 9.32. The van der Waals surface area contributed by atoms with Crippen LogP contribution in [0.5, 0.6) is 0 Å². The molecule has 1 rings (SSSR count). The fourth-order valence-electron chi connectivity index (χ4n) is 1.24. The molecule has 0 bridgehead atoms. The lowest BCUT2D eigenvalue weighted by Gasteiger charge is -2.24. The number of rotatable bonds is 4.